The zero-order chi connectivity index (χ0) is 15.4. The number of hydrogen-bond acceptors (Lipinski definition) is 3. The zero-order valence-corrected chi connectivity index (χ0v) is 13.8. The van der Waals surface area contributed by atoms with Crippen LogP contribution in [0.3, 0.4) is 0 Å². The topological polar surface area (TPSA) is 64.3 Å². The van der Waals surface area contributed by atoms with Crippen molar-refractivity contribution in [1.82, 2.24) is 5.32 Å². The number of carbonyl (C=O) groups is 1. The van der Waals surface area contributed by atoms with Crippen LogP contribution in [0.15, 0.2) is 0 Å². The molecule has 0 radical (unpaired) electrons. The number of ether oxygens (including phenoxy) is 1. The molecule has 1 amide bonds. The van der Waals surface area contributed by atoms with Gasteiger partial charge in [-0.15, -0.1) is 0 Å². The van der Waals surface area contributed by atoms with Crippen LogP contribution in [-0.2, 0) is 4.74 Å². The number of amides is 1. The lowest BCUT2D eigenvalue weighted by atomic mass is 9.72. The summed E-state index contributed by atoms with van der Waals surface area (Å²) in [5.74, 6) is 0. The van der Waals surface area contributed by atoms with Crippen molar-refractivity contribution >= 4 is 6.09 Å². The van der Waals surface area contributed by atoms with Gasteiger partial charge in [-0.1, -0.05) is 20.8 Å². The maximum atomic E-state index is 12.2. The van der Waals surface area contributed by atoms with Gasteiger partial charge in [0.05, 0.1) is 0 Å². The first-order chi connectivity index (χ1) is 8.90. The predicted molar refractivity (Wildman–Crippen MR) is 80.4 cm³/mol. The third-order valence-electron chi connectivity index (χ3n) is 4.65. The highest BCUT2D eigenvalue weighted by Gasteiger charge is 2.68. The SMILES string of the molecule is CC(C)(C)OC(=O)NC(C(C)(C)C)C1(C2(N)CC2)CC1. The van der Waals surface area contributed by atoms with Gasteiger partial charge in [0.1, 0.15) is 5.60 Å². The highest BCUT2D eigenvalue weighted by molar-refractivity contribution is 5.68. The van der Waals surface area contributed by atoms with E-state index in [1.807, 2.05) is 20.8 Å². The maximum Gasteiger partial charge on any atom is 0.407 e. The lowest BCUT2D eigenvalue weighted by molar-refractivity contribution is 0.0384. The molecule has 0 bridgehead atoms. The van der Waals surface area contributed by atoms with Gasteiger partial charge in [0.2, 0.25) is 0 Å². The number of rotatable bonds is 3. The van der Waals surface area contributed by atoms with Crippen molar-refractivity contribution in [3.63, 3.8) is 0 Å². The Morgan fingerprint density at radius 3 is 1.90 bits per heavy atom. The molecule has 4 nitrogen and oxygen atoms in total. The van der Waals surface area contributed by atoms with Gasteiger partial charge in [0.25, 0.3) is 0 Å². The monoisotopic (exact) mass is 282 g/mol. The second-order valence-corrected chi connectivity index (χ2v) is 8.76. The molecule has 0 spiro atoms. The Morgan fingerprint density at radius 1 is 1.10 bits per heavy atom. The number of nitrogens with two attached hydrogens (primary N) is 1. The van der Waals surface area contributed by atoms with E-state index in [0.29, 0.717) is 0 Å². The normalized spacial score (nSPS) is 24.8. The number of hydrogen-bond donors (Lipinski definition) is 2. The molecule has 0 aromatic carbocycles. The molecule has 2 rings (SSSR count). The Bertz CT molecular complexity index is 396. The van der Waals surface area contributed by atoms with E-state index in [1.54, 1.807) is 0 Å². The minimum Gasteiger partial charge on any atom is -0.444 e. The first-order valence-corrected chi connectivity index (χ1v) is 7.68. The molecule has 0 aliphatic heterocycles. The van der Waals surface area contributed by atoms with E-state index in [1.165, 1.54) is 0 Å². The molecular weight excluding hydrogens is 252 g/mol. The molecule has 4 heteroatoms. The second-order valence-electron chi connectivity index (χ2n) is 8.76. The summed E-state index contributed by atoms with van der Waals surface area (Å²) in [4.78, 5) is 12.2. The second kappa shape index (κ2) is 4.36. The fourth-order valence-electron chi connectivity index (χ4n) is 3.45. The van der Waals surface area contributed by atoms with E-state index in [4.69, 9.17) is 10.5 Å². The van der Waals surface area contributed by atoms with E-state index in [0.717, 1.165) is 25.7 Å². The summed E-state index contributed by atoms with van der Waals surface area (Å²) < 4.78 is 5.43. The Balaban J connectivity index is 2.13. The Kier molecular flexibility index (Phi) is 3.40. The van der Waals surface area contributed by atoms with Gasteiger partial charge in [0, 0.05) is 17.0 Å². The van der Waals surface area contributed by atoms with Crippen LogP contribution in [0.2, 0.25) is 0 Å². The zero-order valence-electron chi connectivity index (χ0n) is 13.8. The van der Waals surface area contributed by atoms with Crippen LogP contribution in [0.25, 0.3) is 0 Å². The highest BCUT2D eigenvalue weighted by atomic mass is 16.6. The van der Waals surface area contributed by atoms with Gasteiger partial charge in [-0.05, 0) is 51.9 Å². The van der Waals surface area contributed by atoms with Crippen LogP contribution < -0.4 is 11.1 Å². The summed E-state index contributed by atoms with van der Waals surface area (Å²) in [6.45, 7) is 12.2. The first kappa shape index (κ1) is 15.6. The standard InChI is InChI=1S/C16H30N2O2/c1-13(2,3)11(18-12(19)20-14(4,5)6)15(7-8-15)16(17)9-10-16/h11H,7-10,17H2,1-6H3,(H,18,19). The van der Waals surface area contributed by atoms with Crippen LogP contribution >= 0.6 is 0 Å². The quantitative estimate of drug-likeness (QED) is 0.835. The van der Waals surface area contributed by atoms with E-state index in [2.05, 4.69) is 26.1 Å². The van der Waals surface area contributed by atoms with Crippen LogP contribution in [0.4, 0.5) is 4.79 Å². The lowest BCUT2D eigenvalue weighted by Crippen LogP contribution is -2.57. The van der Waals surface area contributed by atoms with E-state index >= 15 is 0 Å². The summed E-state index contributed by atoms with van der Waals surface area (Å²) in [6.07, 6.45) is 4.06. The van der Waals surface area contributed by atoms with Gasteiger partial charge in [-0.2, -0.15) is 0 Å². The van der Waals surface area contributed by atoms with Crippen LogP contribution in [-0.4, -0.2) is 23.3 Å². The maximum absolute atomic E-state index is 12.2. The fourth-order valence-corrected chi connectivity index (χ4v) is 3.45. The van der Waals surface area contributed by atoms with Crippen molar-refractivity contribution in [2.75, 3.05) is 0 Å². The molecule has 2 fully saturated rings. The summed E-state index contributed by atoms with van der Waals surface area (Å²) in [6, 6.07) is 0.0670. The smallest absolute Gasteiger partial charge is 0.407 e. The van der Waals surface area contributed by atoms with Crippen molar-refractivity contribution < 1.29 is 9.53 Å². The molecule has 20 heavy (non-hydrogen) atoms. The molecule has 1 unspecified atom stereocenters. The minimum absolute atomic E-state index is 0.0254. The molecule has 2 aliphatic carbocycles. The average Bonchev–Trinajstić information content (AvgIpc) is 3.06. The van der Waals surface area contributed by atoms with Crippen LogP contribution in [0, 0.1) is 10.8 Å². The molecule has 0 aromatic rings. The van der Waals surface area contributed by atoms with Crippen molar-refractivity contribution in [3.8, 4) is 0 Å². The van der Waals surface area contributed by atoms with Gasteiger partial charge in [0.15, 0.2) is 0 Å². The predicted octanol–water partition coefficient (Wildman–Crippen LogP) is 3.20. The van der Waals surface area contributed by atoms with E-state index in [-0.39, 0.29) is 28.5 Å². The molecule has 3 N–H and O–H groups in total. The fraction of sp³-hybridized carbons (Fsp3) is 0.938. The molecule has 0 saturated heterocycles. The molecule has 2 aliphatic rings. The van der Waals surface area contributed by atoms with Gasteiger partial charge in [-0.25, -0.2) is 4.79 Å². The van der Waals surface area contributed by atoms with E-state index in [9.17, 15) is 4.79 Å². The molecule has 2 saturated carbocycles. The van der Waals surface area contributed by atoms with Crippen molar-refractivity contribution in [2.45, 2.75) is 84.4 Å². The molecule has 0 heterocycles. The Labute approximate surface area is 122 Å². The van der Waals surface area contributed by atoms with Crippen molar-refractivity contribution in [1.29, 1.82) is 0 Å². The number of alkyl carbamates (subject to hydrolysis) is 1. The van der Waals surface area contributed by atoms with Gasteiger partial charge >= 0.3 is 6.09 Å². The largest absolute Gasteiger partial charge is 0.444 e. The molecule has 0 aromatic heterocycles. The lowest BCUT2D eigenvalue weighted by Gasteiger charge is -2.41. The van der Waals surface area contributed by atoms with Gasteiger partial charge in [-0.3, -0.25) is 0 Å². The van der Waals surface area contributed by atoms with E-state index < -0.39 is 5.60 Å². The molecular formula is C16H30N2O2. The van der Waals surface area contributed by atoms with Crippen LogP contribution in [0.1, 0.15) is 67.2 Å². The third-order valence-corrected chi connectivity index (χ3v) is 4.65. The average molecular weight is 282 g/mol. The Morgan fingerprint density at radius 2 is 1.60 bits per heavy atom. The highest BCUT2D eigenvalue weighted by Crippen LogP contribution is 2.66. The Hall–Kier alpha value is -0.770. The molecule has 1 atom stereocenters. The summed E-state index contributed by atoms with van der Waals surface area (Å²) in [7, 11) is 0. The summed E-state index contributed by atoms with van der Waals surface area (Å²) in [5, 5.41) is 3.12. The number of carbonyl (C=O) groups excluding carboxylic acids is 1. The molecule has 116 valence electrons. The number of nitrogens with one attached hydrogen (secondary N) is 1. The van der Waals surface area contributed by atoms with Crippen molar-refractivity contribution in [2.24, 2.45) is 16.6 Å². The van der Waals surface area contributed by atoms with Crippen molar-refractivity contribution in [3.05, 3.63) is 0 Å². The first-order valence-electron chi connectivity index (χ1n) is 7.68. The van der Waals surface area contributed by atoms with Gasteiger partial charge < -0.3 is 15.8 Å². The minimum atomic E-state index is -0.469. The summed E-state index contributed by atoms with van der Waals surface area (Å²) >= 11 is 0. The van der Waals surface area contributed by atoms with Crippen LogP contribution in [0.5, 0.6) is 0 Å². The summed E-state index contributed by atoms with van der Waals surface area (Å²) in [5.41, 5.74) is 6.00. The third kappa shape index (κ3) is 2.95.